The van der Waals surface area contributed by atoms with E-state index in [9.17, 15) is 9.18 Å². The van der Waals surface area contributed by atoms with Crippen LogP contribution < -0.4 is 10.6 Å². The van der Waals surface area contributed by atoms with Crippen LogP contribution in [0.5, 0.6) is 0 Å². The average Bonchev–Trinajstić information content (AvgIpc) is 2.73. The maximum absolute atomic E-state index is 14.0. The molecule has 1 aromatic rings. The third kappa shape index (κ3) is 2.09. The molecule has 1 amide bonds. The van der Waals surface area contributed by atoms with Crippen molar-refractivity contribution in [3.05, 3.63) is 22.8 Å². The summed E-state index contributed by atoms with van der Waals surface area (Å²) in [6.45, 7) is 0.138. The van der Waals surface area contributed by atoms with E-state index in [1.54, 1.807) is 4.90 Å². The van der Waals surface area contributed by atoms with Crippen molar-refractivity contribution in [2.75, 3.05) is 18.0 Å². The van der Waals surface area contributed by atoms with Gasteiger partial charge in [-0.3, -0.25) is 4.79 Å². The zero-order chi connectivity index (χ0) is 13.3. The van der Waals surface area contributed by atoms with Crippen molar-refractivity contribution in [1.82, 2.24) is 4.98 Å². The number of aromatic nitrogens is 1. The first-order chi connectivity index (χ1) is 8.46. The van der Waals surface area contributed by atoms with Gasteiger partial charge in [-0.25, -0.2) is 9.37 Å². The number of pyridine rings is 1. The van der Waals surface area contributed by atoms with Crippen LogP contribution >= 0.6 is 11.6 Å². The maximum Gasteiger partial charge on any atom is 0.257 e. The lowest BCUT2D eigenvalue weighted by atomic mass is 10.1. The largest absolute Gasteiger partial charge is 0.367 e. The van der Waals surface area contributed by atoms with Crippen LogP contribution in [0.1, 0.15) is 12.0 Å². The van der Waals surface area contributed by atoms with Gasteiger partial charge in [0, 0.05) is 19.2 Å². The summed E-state index contributed by atoms with van der Waals surface area (Å²) in [5, 5.41) is 8.94. The van der Waals surface area contributed by atoms with Crippen LogP contribution in [0.3, 0.4) is 0 Å². The van der Waals surface area contributed by atoms with Crippen LogP contribution in [-0.2, 0) is 4.79 Å². The number of nitriles is 1. The molecule has 1 aromatic heterocycles. The minimum absolute atomic E-state index is 0.0142. The molecule has 1 saturated heterocycles. The number of halogens is 2. The number of anilines is 1. The molecule has 18 heavy (non-hydrogen) atoms. The molecule has 0 radical (unpaired) electrons. The zero-order valence-electron chi connectivity index (χ0n) is 9.36. The highest BCUT2D eigenvalue weighted by atomic mass is 35.5. The molecule has 0 saturated carbocycles. The normalized spacial score (nSPS) is 22.8. The summed E-state index contributed by atoms with van der Waals surface area (Å²) in [6, 6.07) is 3.36. The monoisotopic (exact) mass is 268 g/mol. The number of hydrogen-bond donors (Lipinski definition) is 1. The van der Waals surface area contributed by atoms with Gasteiger partial charge in [0.25, 0.3) is 5.91 Å². The van der Waals surface area contributed by atoms with Crippen LogP contribution in [0.15, 0.2) is 12.3 Å². The van der Waals surface area contributed by atoms with Gasteiger partial charge in [0.05, 0.1) is 17.1 Å². The summed E-state index contributed by atoms with van der Waals surface area (Å²) >= 11 is 5.97. The van der Waals surface area contributed by atoms with Crippen molar-refractivity contribution in [3.63, 3.8) is 0 Å². The van der Waals surface area contributed by atoms with Gasteiger partial charge in [-0.2, -0.15) is 5.26 Å². The van der Waals surface area contributed by atoms with Crippen LogP contribution in [0.25, 0.3) is 0 Å². The van der Waals surface area contributed by atoms with E-state index in [2.05, 4.69) is 4.98 Å². The van der Waals surface area contributed by atoms with Crippen molar-refractivity contribution in [2.45, 2.75) is 12.1 Å². The van der Waals surface area contributed by atoms with Crippen LogP contribution in [-0.4, -0.2) is 29.6 Å². The average molecular weight is 269 g/mol. The molecule has 0 aromatic carbocycles. The Labute approximate surface area is 108 Å². The van der Waals surface area contributed by atoms with Crippen molar-refractivity contribution in [3.8, 4) is 6.07 Å². The Morgan fingerprint density at radius 1 is 1.72 bits per heavy atom. The van der Waals surface area contributed by atoms with E-state index in [0.717, 1.165) is 0 Å². The molecule has 94 valence electrons. The molecular formula is C11H10ClFN4O. The molecular weight excluding hydrogens is 259 g/mol. The molecule has 7 heteroatoms. The highest BCUT2D eigenvalue weighted by Crippen LogP contribution is 2.32. The fourth-order valence-electron chi connectivity index (χ4n) is 1.88. The fraction of sp³-hybridized carbons (Fsp3) is 0.364. The molecule has 2 heterocycles. The second-order valence-electron chi connectivity index (χ2n) is 4.14. The van der Waals surface area contributed by atoms with Crippen LogP contribution in [0.4, 0.5) is 10.2 Å². The number of rotatable bonds is 2. The van der Waals surface area contributed by atoms with E-state index in [0.29, 0.717) is 17.9 Å². The van der Waals surface area contributed by atoms with Crippen molar-refractivity contribution >= 4 is 23.3 Å². The van der Waals surface area contributed by atoms with Gasteiger partial charge in [-0.05, 0) is 6.07 Å². The molecule has 1 unspecified atom stereocenters. The smallest absolute Gasteiger partial charge is 0.257 e. The lowest BCUT2D eigenvalue weighted by Gasteiger charge is -2.20. The van der Waals surface area contributed by atoms with Crippen molar-refractivity contribution < 1.29 is 9.18 Å². The van der Waals surface area contributed by atoms with Crippen LogP contribution in [0.2, 0.25) is 5.02 Å². The first-order valence-electron chi connectivity index (χ1n) is 5.26. The number of amides is 1. The summed E-state index contributed by atoms with van der Waals surface area (Å²) in [6.07, 6.45) is 1.37. The van der Waals surface area contributed by atoms with Gasteiger partial charge in [-0.15, -0.1) is 0 Å². The molecule has 5 nitrogen and oxygen atoms in total. The van der Waals surface area contributed by atoms with Crippen molar-refractivity contribution in [1.29, 1.82) is 5.26 Å². The minimum atomic E-state index is -2.04. The number of carbonyl (C=O) groups excluding carboxylic acids is 1. The lowest BCUT2D eigenvalue weighted by Crippen LogP contribution is -2.42. The fourth-order valence-corrected chi connectivity index (χ4v) is 2.17. The van der Waals surface area contributed by atoms with Gasteiger partial charge in [0.1, 0.15) is 11.9 Å². The zero-order valence-corrected chi connectivity index (χ0v) is 10.1. The van der Waals surface area contributed by atoms with E-state index < -0.39 is 11.6 Å². The van der Waals surface area contributed by atoms with Crippen LogP contribution in [0, 0.1) is 11.3 Å². The number of nitrogens with two attached hydrogens (primary N) is 1. The Morgan fingerprint density at radius 3 is 2.94 bits per heavy atom. The molecule has 1 atom stereocenters. The van der Waals surface area contributed by atoms with Crippen molar-refractivity contribution in [2.24, 2.45) is 5.73 Å². The summed E-state index contributed by atoms with van der Waals surface area (Å²) in [5.74, 6) is -0.619. The molecule has 0 aliphatic carbocycles. The third-order valence-electron chi connectivity index (χ3n) is 2.91. The van der Waals surface area contributed by atoms with E-state index in [1.807, 2.05) is 6.07 Å². The first kappa shape index (κ1) is 12.6. The molecule has 2 rings (SSSR count). The standard InChI is InChI=1S/C11H10ClFN4O/c12-8-3-7(4-14)5-16-9(8)17-2-1-11(13,6-17)10(15)18/h3,5H,1-2,6H2,(H2,15,18). The molecule has 1 aliphatic rings. The summed E-state index contributed by atoms with van der Waals surface area (Å²) in [7, 11) is 0. The Morgan fingerprint density at radius 2 is 2.44 bits per heavy atom. The summed E-state index contributed by atoms with van der Waals surface area (Å²) in [4.78, 5) is 16.6. The number of nitrogens with zero attached hydrogens (tertiary/aromatic N) is 3. The van der Waals surface area contributed by atoms with Gasteiger partial charge < -0.3 is 10.6 Å². The van der Waals surface area contributed by atoms with Gasteiger partial charge >= 0.3 is 0 Å². The SMILES string of the molecule is N#Cc1cnc(N2CCC(F)(C(N)=O)C2)c(Cl)c1. The third-order valence-corrected chi connectivity index (χ3v) is 3.19. The van der Waals surface area contributed by atoms with E-state index >= 15 is 0 Å². The summed E-state index contributed by atoms with van der Waals surface area (Å²) in [5.41, 5.74) is 3.30. The number of hydrogen-bond acceptors (Lipinski definition) is 4. The predicted molar refractivity (Wildman–Crippen MR) is 63.8 cm³/mol. The summed E-state index contributed by atoms with van der Waals surface area (Å²) < 4.78 is 14.0. The quantitative estimate of drug-likeness (QED) is 0.868. The molecule has 1 aliphatic heterocycles. The maximum atomic E-state index is 14.0. The number of alkyl halides is 1. The van der Waals surface area contributed by atoms with E-state index in [-0.39, 0.29) is 18.0 Å². The lowest BCUT2D eigenvalue weighted by molar-refractivity contribution is -0.128. The second-order valence-corrected chi connectivity index (χ2v) is 4.55. The second kappa shape index (κ2) is 4.42. The Bertz CT molecular complexity index is 544. The Hall–Kier alpha value is -1.87. The van der Waals surface area contributed by atoms with E-state index in [4.69, 9.17) is 22.6 Å². The van der Waals surface area contributed by atoms with Gasteiger partial charge in [0.15, 0.2) is 0 Å². The molecule has 1 fully saturated rings. The Balaban J connectivity index is 2.25. The highest BCUT2D eigenvalue weighted by Gasteiger charge is 2.44. The topological polar surface area (TPSA) is 83.0 Å². The predicted octanol–water partition coefficient (Wildman–Crippen LogP) is 1.01. The highest BCUT2D eigenvalue weighted by molar-refractivity contribution is 6.33. The Kier molecular flexibility index (Phi) is 3.09. The molecule has 0 spiro atoms. The number of primary amides is 1. The minimum Gasteiger partial charge on any atom is -0.367 e. The van der Waals surface area contributed by atoms with E-state index in [1.165, 1.54) is 12.3 Å². The molecule has 2 N–H and O–H groups in total. The number of carbonyl (C=O) groups is 1. The van der Waals surface area contributed by atoms with Gasteiger partial charge in [0.2, 0.25) is 5.67 Å². The first-order valence-corrected chi connectivity index (χ1v) is 5.63. The van der Waals surface area contributed by atoms with Gasteiger partial charge in [-0.1, -0.05) is 11.6 Å². The molecule has 0 bridgehead atoms.